The van der Waals surface area contributed by atoms with Gasteiger partial charge in [0.15, 0.2) is 0 Å². The Morgan fingerprint density at radius 1 is 1.12 bits per heavy atom. The van der Waals surface area contributed by atoms with Crippen LogP contribution in [0.3, 0.4) is 0 Å². The number of ether oxygens (including phenoxy) is 1. The summed E-state index contributed by atoms with van der Waals surface area (Å²) in [4.78, 5) is 0. The number of nitrogens with one attached hydrogen (secondary N) is 1. The third-order valence-corrected chi connectivity index (χ3v) is 4.26. The van der Waals surface area contributed by atoms with Crippen LogP contribution in [0.25, 0.3) is 0 Å². The van der Waals surface area contributed by atoms with Crippen LogP contribution in [0.4, 0.5) is 0 Å². The van der Waals surface area contributed by atoms with Crippen LogP contribution in [0.15, 0.2) is 0 Å². The zero-order chi connectivity index (χ0) is 11.2. The van der Waals surface area contributed by atoms with Crippen LogP contribution >= 0.6 is 0 Å². The lowest BCUT2D eigenvalue weighted by Gasteiger charge is -2.31. The molecular weight excluding hydrogens is 198 g/mol. The van der Waals surface area contributed by atoms with Crippen LogP contribution in [0, 0.1) is 5.92 Å². The van der Waals surface area contributed by atoms with Gasteiger partial charge in [-0.05, 0) is 38.1 Å². The third kappa shape index (κ3) is 3.74. The Hall–Kier alpha value is -0.0800. The van der Waals surface area contributed by atoms with Crippen molar-refractivity contribution in [3.8, 4) is 0 Å². The maximum Gasteiger partial charge on any atom is 0.0623 e. The number of rotatable bonds is 4. The van der Waals surface area contributed by atoms with E-state index >= 15 is 0 Å². The monoisotopic (exact) mass is 225 g/mol. The Morgan fingerprint density at radius 3 is 2.81 bits per heavy atom. The summed E-state index contributed by atoms with van der Waals surface area (Å²) in [5, 5.41) is 3.56. The van der Waals surface area contributed by atoms with Gasteiger partial charge in [0.25, 0.3) is 0 Å². The Morgan fingerprint density at radius 2 is 2.06 bits per heavy atom. The molecule has 0 aromatic heterocycles. The molecule has 16 heavy (non-hydrogen) atoms. The van der Waals surface area contributed by atoms with Crippen LogP contribution in [0.5, 0.6) is 0 Å². The second-order valence-electron chi connectivity index (χ2n) is 5.54. The fourth-order valence-corrected chi connectivity index (χ4v) is 3.08. The van der Waals surface area contributed by atoms with E-state index in [1.54, 1.807) is 0 Å². The van der Waals surface area contributed by atoms with E-state index in [4.69, 9.17) is 4.74 Å². The van der Waals surface area contributed by atoms with Gasteiger partial charge in [-0.25, -0.2) is 0 Å². The van der Waals surface area contributed by atoms with E-state index in [-0.39, 0.29) is 0 Å². The van der Waals surface area contributed by atoms with E-state index in [2.05, 4.69) is 12.2 Å². The average molecular weight is 225 g/mol. The van der Waals surface area contributed by atoms with Crippen molar-refractivity contribution in [1.29, 1.82) is 0 Å². The molecule has 2 fully saturated rings. The highest BCUT2D eigenvalue weighted by atomic mass is 16.5. The molecule has 1 saturated heterocycles. The van der Waals surface area contributed by atoms with Crippen LogP contribution in [-0.2, 0) is 4.74 Å². The summed E-state index contributed by atoms with van der Waals surface area (Å²) in [5.41, 5.74) is 0. The van der Waals surface area contributed by atoms with Gasteiger partial charge in [0.05, 0.1) is 12.7 Å². The Kier molecular flexibility index (Phi) is 5.11. The lowest BCUT2D eigenvalue weighted by Crippen LogP contribution is -2.39. The normalized spacial score (nSPS) is 36.2. The largest absolute Gasteiger partial charge is 0.377 e. The minimum Gasteiger partial charge on any atom is -0.377 e. The molecule has 0 aromatic rings. The minimum atomic E-state index is 0.558. The molecule has 2 rings (SSSR count). The third-order valence-electron chi connectivity index (χ3n) is 4.26. The standard InChI is InChI=1S/C14H27NO/c1-2-12-6-5-8-14(10-12)16-11-13-7-3-4-9-15-13/h12-15H,2-11H2,1H3. The van der Waals surface area contributed by atoms with Crippen LogP contribution in [-0.4, -0.2) is 25.3 Å². The molecule has 2 aliphatic rings. The van der Waals surface area contributed by atoms with Crippen molar-refractivity contribution in [3.63, 3.8) is 0 Å². The highest BCUT2D eigenvalue weighted by Gasteiger charge is 2.22. The van der Waals surface area contributed by atoms with Crippen molar-refractivity contribution >= 4 is 0 Å². The summed E-state index contributed by atoms with van der Waals surface area (Å²) in [5.74, 6) is 0.929. The summed E-state index contributed by atoms with van der Waals surface area (Å²) >= 11 is 0. The Balaban J connectivity index is 1.64. The molecule has 2 heteroatoms. The van der Waals surface area contributed by atoms with Crippen LogP contribution in [0.1, 0.15) is 58.3 Å². The summed E-state index contributed by atoms with van der Waals surface area (Å²) in [6.45, 7) is 4.45. The zero-order valence-corrected chi connectivity index (χ0v) is 10.7. The Bertz CT molecular complexity index is 189. The maximum absolute atomic E-state index is 6.09. The minimum absolute atomic E-state index is 0.558. The van der Waals surface area contributed by atoms with Crippen molar-refractivity contribution in [2.24, 2.45) is 5.92 Å². The maximum atomic E-state index is 6.09. The van der Waals surface area contributed by atoms with E-state index in [1.807, 2.05) is 0 Å². The first-order chi connectivity index (χ1) is 7.88. The number of piperidine rings is 1. The molecule has 1 aliphatic carbocycles. The van der Waals surface area contributed by atoms with Crippen LogP contribution < -0.4 is 5.32 Å². The molecular formula is C14H27NO. The van der Waals surface area contributed by atoms with Crippen molar-refractivity contribution in [3.05, 3.63) is 0 Å². The second kappa shape index (κ2) is 6.61. The molecule has 1 aliphatic heterocycles. The average Bonchev–Trinajstić information content (AvgIpc) is 2.38. The Labute approximate surface area is 100 Å². The first kappa shape index (κ1) is 12.4. The molecule has 0 bridgehead atoms. The molecule has 2 nitrogen and oxygen atoms in total. The highest BCUT2D eigenvalue weighted by molar-refractivity contribution is 4.75. The van der Waals surface area contributed by atoms with Gasteiger partial charge in [-0.15, -0.1) is 0 Å². The molecule has 0 spiro atoms. The highest BCUT2D eigenvalue weighted by Crippen LogP contribution is 2.28. The molecule has 1 heterocycles. The van der Waals surface area contributed by atoms with Gasteiger partial charge < -0.3 is 10.1 Å². The summed E-state index contributed by atoms with van der Waals surface area (Å²) in [7, 11) is 0. The molecule has 0 radical (unpaired) electrons. The van der Waals surface area contributed by atoms with Gasteiger partial charge >= 0.3 is 0 Å². The van der Waals surface area contributed by atoms with Gasteiger partial charge in [0.1, 0.15) is 0 Å². The molecule has 0 amide bonds. The summed E-state index contributed by atoms with van der Waals surface area (Å²) in [6, 6.07) is 0.635. The second-order valence-corrected chi connectivity index (χ2v) is 5.54. The SMILES string of the molecule is CCC1CCCC(OCC2CCCCN2)C1. The first-order valence-corrected chi connectivity index (χ1v) is 7.23. The van der Waals surface area contributed by atoms with Crippen molar-refractivity contribution in [2.75, 3.05) is 13.2 Å². The fourth-order valence-electron chi connectivity index (χ4n) is 3.08. The molecule has 0 aromatic carbocycles. The van der Waals surface area contributed by atoms with Gasteiger partial charge in [-0.2, -0.15) is 0 Å². The first-order valence-electron chi connectivity index (χ1n) is 7.23. The van der Waals surface area contributed by atoms with E-state index in [0.717, 1.165) is 12.5 Å². The molecule has 1 saturated carbocycles. The van der Waals surface area contributed by atoms with E-state index in [9.17, 15) is 0 Å². The van der Waals surface area contributed by atoms with Gasteiger partial charge in [0, 0.05) is 6.04 Å². The van der Waals surface area contributed by atoms with Crippen LogP contribution in [0.2, 0.25) is 0 Å². The van der Waals surface area contributed by atoms with E-state index in [0.29, 0.717) is 12.1 Å². The topological polar surface area (TPSA) is 21.3 Å². The van der Waals surface area contributed by atoms with Crippen molar-refractivity contribution < 1.29 is 4.74 Å². The fraction of sp³-hybridized carbons (Fsp3) is 1.00. The molecule has 94 valence electrons. The lowest BCUT2D eigenvalue weighted by molar-refractivity contribution is -0.00148. The molecule has 1 N–H and O–H groups in total. The van der Waals surface area contributed by atoms with Crippen molar-refractivity contribution in [1.82, 2.24) is 5.32 Å². The summed E-state index contributed by atoms with van der Waals surface area (Å²) < 4.78 is 6.09. The van der Waals surface area contributed by atoms with Gasteiger partial charge in [-0.3, -0.25) is 0 Å². The molecule has 3 atom stereocenters. The zero-order valence-electron chi connectivity index (χ0n) is 10.7. The predicted molar refractivity (Wildman–Crippen MR) is 67.6 cm³/mol. The number of hydrogen-bond acceptors (Lipinski definition) is 2. The lowest BCUT2D eigenvalue weighted by atomic mass is 9.85. The van der Waals surface area contributed by atoms with E-state index in [1.165, 1.54) is 57.9 Å². The van der Waals surface area contributed by atoms with E-state index < -0.39 is 0 Å². The predicted octanol–water partition coefficient (Wildman–Crippen LogP) is 3.11. The van der Waals surface area contributed by atoms with Gasteiger partial charge in [0.2, 0.25) is 0 Å². The number of hydrogen-bond donors (Lipinski definition) is 1. The summed E-state index contributed by atoms with van der Waals surface area (Å²) in [6.07, 6.45) is 11.3. The molecule has 3 unspecified atom stereocenters. The van der Waals surface area contributed by atoms with Crippen molar-refractivity contribution in [2.45, 2.75) is 70.4 Å². The van der Waals surface area contributed by atoms with Gasteiger partial charge in [-0.1, -0.05) is 32.6 Å². The smallest absolute Gasteiger partial charge is 0.0623 e. The quantitative estimate of drug-likeness (QED) is 0.794.